The van der Waals surface area contributed by atoms with Gasteiger partial charge in [0, 0.05) is 5.54 Å². The van der Waals surface area contributed by atoms with Crippen LogP contribution in [-0.2, 0) is 11.7 Å². The summed E-state index contributed by atoms with van der Waals surface area (Å²) < 4.78 is 51.4. The molecule has 2 rings (SSSR count). The molecule has 2 N–H and O–H groups in total. The summed E-state index contributed by atoms with van der Waals surface area (Å²) in [6.07, 6.45) is -1.64. The minimum atomic E-state index is -4.68. The van der Waals surface area contributed by atoms with Gasteiger partial charge in [0.15, 0.2) is 0 Å². The lowest BCUT2D eigenvalue weighted by Gasteiger charge is -2.37. The lowest BCUT2D eigenvalue weighted by atomic mass is 9.73. The Balaban J connectivity index is 2.36. The molecule has 19 heavy (non-hydrogen) atoms. The van der Waals surface area contributed by atoms with E-state index in [9.17, 15) is 17.6 Å². The maximum Gasteiger partial charge on any atom is 0.419 e. The van der Waals surface area contributed by atoms with E-state index < -0.39 is 23.1 Å². The van der Waals surface area contributed by atoms with Gasteiger partial charge in [-0.1, -0.05) is 13.0 Å². The van der Waals surface area contributed by atoms with Gasteiger partial charge in [-0.25, -0.2) is 4.39 Å². The van der Waals surface area contributed by atoms with Crippen LogP contribution < -0.4 is 5.73 Å². The van der Waals surface area contributed by atoms with E-state index in [1.165, 1.54) is 6.07 Å². The Labute approximate surface area is 109 Å². The molecule has 1 saturated carbocycles. The van der Waals surface area contributed by atoms with Gasteiger partial charge in [-0.3, -0.25) is 0 Å². The highest BCUT2D eigenvalue weighted by atomic mass is 19.4. The largest absolute Gasteiger partial charge is 0.419 e. The highest BCUT2D eigenvalue weighted by Gasteiger charge is 2.37. The highest BCUT2D eigenvalue weighted by Crippen LogP contribution is 2.40. The van der Waals surface area contributed by atoms with E-state index in [2.05, 4.69) is 6.92 Å². The fraction of sp³-hybridized carbons (Fsp3) is 0.571. The third-order valence-corrected chi connectivity index (χ3v) is 4.01. The van der Waals surface area contributed by atoms with E-state index in [1.54, 1.807) is 0 Å². The Bertz CT molecular complexity index is 459. The smallest absolute Gasteiger partial charge is 0.321 e. The fourth-order valence-corrected chi connectivity index (χ4v) is 2.62. The molecule has 0 unspecified atom stereocenters. The number of benzene rings is 1. The molecule has 0 atom stereocenters. The van der Waals surface area contributed by atoms with E-state index in [4.69, 9.17) is 5.73 Å². The van der Waals surface area contributed by atoms with Crippen molar-refractivity contribution in [3.05, 3.63) is 35.1 Å². The Morgan fingerprint density at radius 1 is 1.21 bits per heavy atom. The molecular formula is C14H17F4N. The van der Waals surface area contributed by atoms with Crippen LogP contribution in [0.2, 0.25) is 0 Å². The number of hydrogen-bond donors (Lipinski definition) is 1. The van der Waals surface area contributed by atoms with Gasteiger partial charge >= 0.3 is 6.18 Å². The first kappa shape index (κ1) is 14.3. The molecule has 5 heteroatoms. The van der Waals surface area contributed by atoms with Crippen LogP contribution in [0, 0.1) is 11.7 Å². The third kappa shape index (κ3) is 2.91. The van der Waals surface area contributed by atoms with Gasteiger partial charge in [0.1, 0.15) is 5.82 Å². The van der Waals surface area contributed by atoms with Crippen molar-refractivity contribution in [3.8, 4) is 0 Å². The van der Waals surface area contributed by atoms with Crippen molar-refractivity contribution in [2.24, 2.45) is 11.7 Å². The number of rotatable bonds is 1. The zero-order valence-electron chi connectivity index (χ0n) is 10.7. The maximum atomic E-state index is 13.3. The zero-order chi connectivity index (χ0) is 14.3. The molecule has 0 radical (unpaired) electrons. The average molecular weight is 275 g/mol. The molecule has 1 nitrogen and oxygen atoms in total. The first-order chi connectivity index (χ1) is 8.72. The van der Waals surface area contributed by atoms with Crippen molar-refractivity contribution in [2.45, 2.75) is 44.3 Å². The predicted octanol–water partition coefficient (Wildman–Crippen LogP) is 4.21. The van der Waals surface area contributed by atoms with Crippen molar-refractivity contribution >= 4 is 0 Å². The highest BCUT2D eigenvalue weighted by molar-refractivity contribution is 5.32. The molecule has 1 aliphatic rings. The lowest BCUT2D eigenvalue weighted by Crippen LogP contribution is -2.40. The summed E-state index contributed by atoms with van der Waals surface area (Å²) in [5.74, 6) is -0.705. The lowest BCUT2D eigenvalue weighted by molar-refractivity contribution is -0.140. The summed E-state index contributed by atoms with van der Waals surface area (Å²) in [5, 5.41) is 0. The Morgan fingerprint density at radius 3 is 2.32 bits per heavy atom. The van der Waals surface area contributed by atoms with E-state index >= 15 is 0 Å². The third-order valence-electron chi connectivity index (χ3n) is 4.01. The van der Waals surface area contributed by atoms with E-state index in [0.717, 1.165) is 25.0 Å². The van der Waals surface area contributed by atoms with Crippen LogP contribution >= 0.6 is 0 Å². The standard InChI is InChI=1S/C14H17F4N/c1-9-4-6-13(19,7-5-9)10-2-3-12(15)11(8-10)14(16,17)18/h2-3,8-9H,4-7,19H2,1H3. The van der Waals surface area contributed by atoms with Gasteiger partial charge in [-0.05, 0) is 49.3 Å². The molecule has 1 aromatic rings. The van der Waals surface area contributed by atoms with Crippen LogP contribution in [-0.4, -0.2) is 0 Å². The van der Waals surface area contributed by atoms with Gasteiger partial charge in [-0.15, -0.1) is 0 Å². The zero-order valence-corrected chi connectivity index (χ0v) is 10.7. The van der Waals surface area contributed by atoms with E-state index in [-0.39, 0.29) is 0 Å². The van der Waals surface area contributed by atoms with E-state index in [0.29, 0.717) is 24.3 Å². The van der Waals surface area contributed by atoms with Crippen LogP contribution in [0.15, 0.2) is 18.2 Å². The van der Waals surface area contributed by atoms with Crippen LogP contribution in [0.1, 0.15) is 43.7 Å². The van der Waals surface area contributed by atoms with Crippen LogP contribution in [0.4, 0.5) is 17.6 Å². The maximum absolute atomic E-state index is 13.3. The number of halogens is 4. The van der Waals surface area contributed by atoms with E-state index in [1.807, 2.05) is 0 Å². The molecule has 0 saturated heterocycles. The Hall–Kier alpha value is -1.10. The predicted molar refractivity (Wildman–Crippen MR) is 64.9 cm³/mol. The Morgan fingerprint density at radius 2 is 1.79 bits per heavy atom. The molecule has 0 aliphatic heterocycles. The van der Waals surface area contributed by atoms with Crippen LogP contribution in [0.3, 0.4) is 0 Å². The monoisotopic (exact) mass is 275 g/mol. The number of nitrogens with two attached hydrogens (primary N) is 1. The molecular weight excluding hydrogens is 258 g/mol. The van der Waals surface area contributed by atoms with Crippen molar-refractivity contribution in [1.29, 1.82) is 0 Å². The molecule has 0 bridgehead atoms. The molecule has 0 heterocycles. The topological polar surface area (TPSA) is 26.0 Å². The number of alkyl halides is 3. The van der Waals surface area contributed by atoms with Gasteiger partial charge in [0.2, 0.25) is 0 Å². The molecule has 1 fully saturated rings. The summed E-state index contributed by atoms with van der Waals surface area (Å²) >= 11 is 0. The van der Waals surface area contributed by atoms with Crippen LogP contribution in [0.25, 0.3) is 0 Å². The molecule has 1 aromatic carbocycles. The molecule has 0 spiro atoms. The van der Waals surface area contributed by atoms with Crippen molar-refractivity contribution in [2.75, 3.05) is 0 Å². The van der Waals surface area contributed by atoms with Gasteiger partial charge in [-0.2, -0.15) is 13.2 Å². The molecule has 0 aromatic heterocycles. The Kier molecular flexibility index (Phi) is 3.60. The summed E-state index contributed by atoms with van der Waals surface area (Å²) in [4.78, 5) is 0. The quantitative estimate of drug-likeness (QED) is 0.763. The normalized spacial score (nSPS) is 28.4. The SMILES string of the molecule is CC1CCC(N)(c2ccc(F)c(C(F)(F)F)c2)CC1. The number of hydrogen-bond acceptors (Lipinski definition) is 1. The van der Waals surface area contributed by atoms with Crippen molar-refractivity contribution in [3.63, 3.8) is 0 Å². The molecule has 1 aliphatic carbocycles. The minimum absolute atomic E-state index is 0.383. The molecule has 106 valence electrons. The van der Waals surface area contributed by atoms with Gasteiger partial charge < -0.3 is 5.73 Å². The van der Waals surface area contributed by atoms with Gasteiger partial charge in [0.05, 0.1) is 5.56 Å². The summed E-state index contributed by atoms with van der Waals surface area (Å²) in [5.41, 5.74) is 4.61. The summed E-state index contributed by atoms with van der Waals surface area (Å²) in [6, 6.07) is 3.11. The summed E-state index contributed by atoms with van der Waals surface area (Å²) in [6.45, 7) is 2.10. The first-order valence-corrected chi connectivity index (χ1v) is 6.38. The summed E-state index contributed by atoms with van der Waals surface area (Å²) in [7, 11) is 0. The average Bonchev–Trinajstić information content (AvgIpc) is 2.32. The van der Waals surface area contributed by atoms with Crippen molar-refractivity contribution in [1.82, 2.24) is 0 Å². The minimum Gasteiger partial charge on any atom is -0.321 e. The van der Waals surface area contributed by atoms with Crippen LogP contribution in [0.5, 0.6) is 0 Å². The second kappa shape index (κ2) is 4.78. The fourth-order valence-electron chi connectivity index (χ4n) is 2.62. The van der Waals surface area contributed by atoms with Gasteiger partial charge in [0.25, 0.3) is 0 Å². The first-order valence-electron chi connectivity index (χ1n) is 6.38. The van der Waals surface area contributed by atoms with Crippen molar-refractivity contribution < 1.29 is 17.6 Å². The second-order valence-corrected chi connectivity index (χ2v) is 5.53. The molecule has 0 amide bonds. The second-order valence-electron chi connectivity index (χ2n) is 5.53.